The Hall–Kier alpha value is -1.06. The van der Waals surface area contributed by atoms with Crippen LogP contribution in [-0.2, 0) is 9.53 Å². The Balaban J connectivity index is 0.000000248. The number of aliphatic imine (C=N–C) groups is 1. The molecular formula is C25H48N2O2. The van der Waals surface area contributed by atoms with E-state index in [-0.39, 0.29) is 17.0 Å². The van der Waals surface area contributed by atoms with Crippen LogP contribution in [-0.4, -0.2) is 30.0 Å². The van der Waals surface area contributed by atoms with Gasteiger partial charge in [-0.15, -0.1) is 0 Å². The van der Waals surface area contributed by atoms with E-state index in [9.17, 15) is 4.79 Å². The van der Waals surface area contributed by atoms with E-state index in [4.69, 9.17) is 9.73 Å². The first-order valence-electron chi connectivity index (χ1n) is 11.9. The topological polar surface area (TPSA) is 50.7 Å². The number of amides is 1. The van der Waals surface area contributed by atoms with Gasteiger partial charge in [0.25, 0.3) is 0 Å². The minimum absolute atomic E-state index is 0.0990. The highest BCUT2D eigenvalue weighted by atomic mass is 16.5. The minimum atomic E-state index is 0.0990. The zero-order chi connectivity index (χ0) is 22.7. The molecule has 4 aliphatic rings. The number of rotatable bonds is 0. The van der Waals surface area contributed by atoms with E-state index in [0.29, 0.717) is 29.1 Å². The number of nitrogens with zero attached hydrogens (tertiary/aromatic N) is 1. The van der Waals surface area contributed by atoms with Gasteiger partial charge in [0.15, 0.2) is 5.90 Å². The molecule has 1 amide bonds. The van der Waals surface area contributed by atoms with Crippen LogP contribution in [0.1, 0.15) is 108 Å². The number of ether oxygens (including phenoxy) is 1. The van der Waals surface area contributed by atoms with Crippen molar-refractivity contribution in [3.05, 3.63) is 0 Å². The van der Waals surface area contributed by atoms with Gasteiger partial charge < -0.3 is 10.1 Å². The van der Waals surface area contributed by atoms with Crippen molar-refractivity contribution in [1.29, 1.82) is 0 Å². The summed E-state index contributed by atoms with van der Waals surface area (Å²) in [6, 6.07) is 0. The van der Waals surface area contributed by atoms with Crippen LogP contribution in [0.3, 0.4) is 0 Å². The molecule has 2 heterocycles. The number of carbonyl (C=O) groups is 1. The van der Waals surface area contributed by atoms with Gasteiger partial charge in [0.1, 0.15) is 0 Å². The maximum atomic E-state index is 11.3. The molecule has 2 saturated carbocycles. The van der Waals surface area contributed by atoms with Crippen LogP contribution in [0.2, 0.25) is 0 Å². The molecule has 0 bridgehead atoms. The molecule has 0 aromatic carbocycles. The molecule has 6 atom stereocenters. The first-order valence-corrected chi connectivity index (χ1v) is 11.9. The number of hydrogen-bond acceptors (Lipinski definition) is 3. The lowest BCUT2D eigenvalue weighted by Gasteiger charge is -2.62. The monoisotopic (exact) mass is 408 g/mol. The van der Waals surface area contributed by atoms with Gasteiger partial charge in [-0.3, -0.25) is 4.79 Å². The zero-order valence-electron chi connectivity index (χ0n) is 21.2. The lowest BCUT2D eigenvalue weighted by molar-refractivity contribution is -0.145. The van der Waals surface area contributed by atoms with Crippen LogP contribution < -0.4 is 5.32 Å². The number of piperidine rings is 1. The van der Waals surface area contributed by atoms with Gasteiger partial charge in [-0.1, -0.05) is 55.4 Å². The van der Waals surface area contributed by atoms with Crippen LogP contribution in [0.15, 0.2) is 4.99 Å². The van der Waals surface area contributed by atoms with Crippen LogP contribution in [0.5, 0.6) is 0 Å². The number of fused-ring (bicyclic) bond motifs is 2. The van der Waals surface area contributed by atoms with Crippen LogP contribution in [0, 0.1) is 22.7 Å². The molecule has 0 aromatic heterocycles. The summed E-state index contributed by atoms with van der Waals surface area (Å²) in [4.78, 5) is 16.0. The van der Waals surface area contributed by atoms with E-state index >= 15 is 0 Å². The molecule has 4 nitrogen and oxygen atoms in total. The van der Waals surface area contributed by atoms with E-state index in [0.717, 1.165) is 18.7 Å². The van der Waals surface area contributed by atoms with Gasteiger partial charge in [0, 0.05) is 18.4 Å². The Morgan fingerprint density at radius 1 is 0.862 bits per heavy atom. The molecule has 1 N–H and O–H groups in total. The lowest BCUT2D eigenvalue weighted by Crippen LogP contribution is -2.69. The van der Waals surface area contributed by atoms with E-state index in [1.165, 1.54) is 19.3 Å². The molecule has 4 rings (SSSR count). The fourth-order valence-electron chi connectivity index (χ4n) is 5.53. The van der Waals surface area contributed by atoms with Crippen molar-refractivity contribution >= 4 is 11.8 Å². The maximum absolute atomic E-state index is 11.3. The standard InChI is InChI=1S/C11H19NO.C10H17NO.2C2H6/c1-8-7-9(13-4)12-11(3)6-5-10(8,11)2;1-7-6-8(12)11-10(3)5-4-9(7,10)2;2*1-2/h8H,5-7H2,1-4H3;7H,4-6H2,1-3H3,(H,11,12);2*1-2H3. The summed E-state index contributed by atoms with van der Waals surface area (Å²) >= 11 is 0. The van der Waals surface area contributed by atoms with Crippen molar-refractivity contribution in [2.24, 2.45) is 27.7 Å². The van der Waals surface area contributed by atoms with Crippen molar-refractivity contribution in [1.82, 2.24) is 5.32 Å². The second-order valence-corrected chi connectivity index (χ2v) is 9.91. The van der Waals surface area contributed by atoms with Crippen molar-refractivity contribution < 1.29 is 9.53 Å². The van der Waals surface area contributed by atoms with Crippen molar-refractivity contribution in [3.63, 3.8) is 0 Å². The molecule has 170 valence electrons. The predicted molar refractivity (Wildman–Crippen MR) is 124 cm³/mol. The number of nitrogens with one attached hydrogen (secondary N) is 1. The minimum Gasteiger partial charge on any atom is -0.484 e. The molecule has 4 heteroatoms. The Bertz CT molecular complexity index is 604. The third-order valence-corrected chi connectivity index (χ3v) is 8.94. The number of carbonyl (C=O) groups excluding carboxylic acids is 1. The van der Waals surface area contributed by atoms with E-state index in [2.05, 4.69) is 46.9 Å². The van der Waals surface area contributed by atoms with Gasteiger partial charge >= 0.3 is 0 Å². The second kappa shape index (κ2) is 9.39. The van der Waals surface area contributed by atoms with E-state index in [1.807, 2.05) is 27.7 Å². The molecule has 1 saturated heterocycles. The third-order valence-electron chi connectivity index (χ3n) is 8.94. The van der Waals surface area contributed by atoms with E-state index in [1.54, 1.807) is 7.11 Å². The highest BCUT2D eigenvalue weighted by Gasteiger charge is 2.59. The normalized spacial score (nSPS) is 44.0. The number of methoxy groups -OCH3 is 1. The first-order chi connectivity index (χ1) is 13.5. The smallest absolute Gasteiger partial charge is 0.220 e. The van der Waals surface area contributed by atoms with Gasteiger partial charge in [0.05, 0.1) is 12.6 Å². The molecule has 0 spiro atoms. The summed E-state index contributed by atoms with van der Waals surface area (Å²) < 4.78 is 5.27. The fourth-order valence-corrected chi connectivity index (χ4v) is 5.53. The third kappa shape index (κ3) is 4.23. The molecule has 3 fully saturated rings. The lowest BCUT2D eigenvalue weighted by atomic mass is 9.49. The summed E-state index contributed by atoms with van der Waals surface area (Å²) in [5, 5.41) is 3.12. The summed E-state index contributed by atoms with van der Waals surface area (Å²) in [5.74, 6) is 2.44. The molecule has 2 aliphatic carbocycles. The summed E-state index contributed by atoms with van der Waals surface area (Å²) in [6.45, 7) is 21.7. The second-order valence-electron chi connectivity index (χ2n) is 9.91. The van der Waals surface area contributed by atoms with Crippen LogP contribution in [0.4, 0.5) is 0 Å². The summed E-state index contributed by atoms with van der Waals surface area (Å²) in [7, 11) is 1.73. The Morgan fingerprint density at radius 3 is 1.72 bits per heavy atom. The summed E-state index contributed by atoms with van der Waals surface area (Å²) in [6.07, 6.45) is 6.70. The SMILES string of the molecule is CC.CC.CC1CC(=O)NC2(C)CCC12C.COC1=NC2(C)CCC2(C)C(C)C1. The predicted octanol–water partition coefficient (Wildman–Crippen LogP) is 6.38. The Morgan fingerprint density at radius 2 is 1.38 bits per heavy atom. The molecular weight excluding hydrogens is 360 g/mol. The van der Waals surface area contributed by atoms with Crippen molar-refractivity contribution in [3.8, 4) is 0 Å². The maximum Gasteiger partial charge on any atom is 0.220 e. The average molecular weight is 409 g/mol. The molecule has 0 radical (unpaired) electrons. The van der Waals surface area contributed by atoms with Crippen molar-refractivity contribution in [2.75, 3.05) is 7.11 Å². The fraction of sp³-hybridized carbons (Fsp3) is 0.920. The molecule has 0 aromatic rings. The first kappa shape index (κ1) is 26.0. The summed E-state index contributed by atoms with van der Waals surface area (Å²) in [5.41, 5.74) is 1.05. The van der Waals surface area contributed by atoms with Gasteiger partial charge in [-0.05, 0) is 62.2 Å². The highest BCUT2D eigenvalue weighted by molar-refractivity contribution is 5.79. The van der Waals surface area contributed by atoms with Gasteiger partial charge in [0.2, 0.25) is 5.91 Å². The quantitative estimate of drug-likeness (QED) is 0.505. The van der Waals surface area contributed by atoms with Crippen LogP contribution in [0.25, 0.3) is 0 Å². The largest absolute Gasteiger partial charge is 0.484 e. The van der Waals surface area contributed by atoms with Crippen molar-refractivity contribution in [2.45, 2.75) is 119 Å². The van der Waals surface area contributed by atoms with E-state index < -0.39 is 0 Å². The highest BCUT2D eigenvalue weighted by Crippen LogP contribution is 2.59. The molecule has 2 aliphatic heterocycles. The average Bonchev–Trinajstić information content (AvgIpc) is 2.71. The Kier molecular flexibility index (Phi) is 8.41. The van der Waals surface area contributed by atoms with Crippen LogP contribution >= 0.6 is 0 Å². The zero-order valence-corrected chi connectivity index (χ0v) is 21.2. The molecule has 29 heavy (non-hydrogen) atoms. The van der Waals surface area contributed by atoms with Gasteiger partial charge in [-0.25, -0.2) is 4.99 Å². The number of hydrogen-bond donors (Lipinski definition) is 1. The van der Waals surface area contributed by atoms with Gasteiger partial charge in [-0.2, -0.15) is 0 Å². The molecule has 6 unspecified atom stereocenters. The Labute approximate surface area is 180 Å².